The van der Waals surface area contributed by atoms with Gasteiger partial charge in [-0.25, -0.2) is 9.48 Å². The van der Waals surface area contributed by atoms with Crippen molar-refractivity contribution in [3.8, 4) is 22.6 Å². The zero-order valence-electron chi connectivity index (χ0n) is 18.3. The van der Waals surface area contributed by atoms with Crippen molar-refractivity contribution in [1.29, 1.82) is 0 Å². The summed E-state index contributed by atoms with van der Waals surface area (Å²) in [6.45, 7) is 3.42. The number of rotatable bonds is 4. The van der Waals surface area contributed by atoms with E-state index < -0.39 is 6.09 Å². The number of halogens is 1. The number of nitrogens with zero attached hydrogens (tertiary/aromatic N) is 3. The lowest BCUT2D eigenvalue weighted by Gasteiger charge is -2.24. The summed E-state index contributed by atoms with van der Waals surface area (Å²) in [6.07, 6.45) is 2.32. The zero-order chi connectivity index (χ0) is 23.1. The minimum absolute atomic E-state index is 0.0224. The molecular weight excluding hydrogens is 446 g/mol. The van der Waals surface area contributed by atoms with Crippen LogP contribution in [0.25, 0.3) is 22.0 Å². The van der Waals surface area contributed by atoms with Crippen molar-refractivity contribution in [2.45, 2.75) is 44.9 Å². The molecule has 0 spiro atoms. The van der Waals surface area contributed by atoms with Gasteiger partial charge in [0, 0.05) is 19.6 Å². The Labute approximate surface area is 196 Å². The maximum absolute atomic E-state index is 11.4. The maximum atomic E-state index is 11.4. The number of amides is 1. The quantitative estimate of drug-likeness (QED) is 0.542. The molecule has 2 aliphatic heterocycles. The summed E-state index contributed by atoms with van der Waals surface area (Å²) in [7, 11) is 0. The summed E-state index contributed by atoms with van der Waals surface area (Å²) in [5.74, 6) is 0.678. The number of phenolic OH excluding ortho intramolecular Hbond substituents is 1. The SMILES string of the molecule is Cc1nn(C2CCCCO2)c2cc(-c3ccc(O)c(Cl)c3)cc(O[C@H]3CCN(C(=O)O)C3)c12. The van der Waals surface area contributed by atoms with E-state index in [-0.39, 0.29) is 23.1 Å². The van der Waals surface area contributed by atoms with Crippen LogP contribution in [0.2, 0.25) is 5.02 Å². The standard InChI is InChI=1S/C24H26ClN3O5/c1-14-23-19(28(26-14)22-4-2-3-9-32-22)11-16(15-5-6-20(29)18(25)10-15)12-21(23)33-17-7-8-27(13-17)24(30)31/h5-6,10-12,17,22,29H,2-4,7-9,13H2,1H3,(H,30,31)/t17-,22?/m0/s1. The molecule has 1 aromatic heterocycles. The summed E-state index contributed by atoms with van der Waals surface area (Å²) in [5.41, 5.74) is 3.42. The number of aromatic nitrogens is 2. The first-order valence-electron chi connectivity index (χ1n) is 11.2. The second-order valence-electron chi connectivity index (χ2n) is 8.64. The number of hydrogen-bond donors (Lipinski definition) is 2. The van der Waals surface area contributed by atoms with E-state index in [1.165, 1.54) is 4.90 Å². The predicted octanol–water partition coefficient (Wildman–Crippen LogP) is 5.20. The minimum Gasteiger partial charge on any atom is -0.506 e. The summed E-state index contributed by atoms with van der Waals surface area (Å²) in [6, 6.07) is 9.07. The molecule has 33 heavy (non-hydrogen) atoms. The van der Waals surface area contributed by atoms with Crippen molar-refractivity contribution < 1.29 is 24.5 Å². The lowest BCUT2D eigenvalue weighted by Crippen LogP contribution is -2.29. The van der Waals surface area contributed by atoms with E-state index in [1.54, 1.807) is 18.2 Å². The normalized spacial score (nSPS) is 21.0. The van der Waals surface area contributed by atoms with E-state index in [4.69, 9.17) is 26.2 Å². The number of aryl methyl sites for hydroxylation is 1. The topological polar surface area (TPSA) is 97.1 Å². The number of aromatic hydroxyl groups is 1. The molecule has 2 saturated heterocycles. The van der Waals surface area contributed by atoms with Gasteiger partial charge in [0.25, 0.3) is 0 Å². The third-order valence-electron chi connectivity index (χ3n) is 6.37. The lowest BCUT2D eigenvalue weighted by molar-refractivity contribution is -0.0368. The molecular formula is C24H26ClN3O5. The largest absolute Gasteiger partial charge is 0.506 e. The number of fused-ring (bicyclic) bond motifs is 1. The van der Waals surface area contributed by atoms with Crippen LogP contribution in [0.1, 0.15) is 37.6 Å². The number of ether oxygens (including phenoxy) is 2. The van der Waals surface area contributed by atoms with E-state index >= 15 is 0 Å². The molecule has 0 bridgehead atoms. The van der Waals surface area contributed by atoms with Crippen molar-refractivity contribution in [3.05, 3.63) is 41.0 Å². The highest BCUT2D eigenvalue weighted by molar-refractivity contribution is 6.32. The van der Waals surface area contributed by atoms with E-state index in [9.17, 15) is 15.0 Å². The number of benzene rings is 2. The van der Waals surface area contributed by atoms with Crippen LogP contribution in [0, 0.1) is 6.92 Å². The van der Waals surface area contributed by atoms with Crippen LogP contribution in [0.4, 0.5) is 4.79 Å². The van der Waals surface area contributed by atoms with Gasteiger partial charge < -0.3 is 24.6 Å². The molecule has 5 rings (SSSR count). The van der Waals surface area contributed by atoms with Gasteiger partial charge in [0.1, 0.15) is 17.6 Å². The Morgan fingerprint density at radius 2 is 2.06 bits per heavy atom. The van der Waals surface area contributed by atoms with Crippen LogP contribution >= 0.6 is 11.6 Å². The molecule has 174 valence electrons. The van der Waals surface area contributed by atoms with Gasteiger partial charge in [0.15, 0.2) is 6.23 Å². The fourth-order valence-corrected chi connectivity index (χ4v) is 4.85. The number of phenols is 1. The predicted molar refractivity (Wildman–Crippen MR) is 124 cm³/mol. The van der Waals surface area contributed by atoms with Gasteiger partial charge in [-0.05, 0) is 61.6 Å². The number of carbonyl (C=O) groups is 1. The van der Waals surface area contributed by atoms with Gasteiger partial charge in [-0.2, -0.15) is 5.10 Å². The fourth-order valence-electron chi connectivity index (χ4n) is 4.67. The number of likely N-dealkylation sites (tertiary alicyclic amines) is 1. The Balaban J connectivity index is 1.61. The van der Waals surface area contributed by atoms with Gasteiger partial charge in [0.05, 0.1) is 28.2 Å². The van der Waals surface area contributed by atoms with Gasteiger partial charge in [-0.15, -0.1) is 0 Å². The smallest absolute Gasteiger partial charge is 0.407 e. The van der Waals surface area contributed by atoms with Crippen molar-refractivity contribution in [1.82, 2.24) is 14.7 Å². The van der Waals surface area contributed by atoms with Crippen molar-refractivity contribution >= 4 is 28.6 Å². The summed E-state index contributed by atoms with van der Waals surface area (Å²) >= 11 is 6.18. The van der Waals surface area contributed by atoms with Crippen LogP contribution in [-0.2, 0) is 4.74 Å². The molecule has 0 radical (unpaired) electrons. The minimum atomic E-state index is -0.933. The highest BCUT2D eigenvalue weighted by Crippen LogP contribution is 2.39. The number of carboxylic acid groups (broad SMARTS) is 1. The zero-order valence-corrected chi connectivity index (χ0v) is 19.1. The fraction of sp³-hybridized carbons (Fsp3) is 0.417. The monoisotopic (exact) mass is 471 g/mol. The average molecular weight is 472 g/mol. The van der Waals surface area contributed by atoms with E-state index in [0.29, 0.717) is 31.9 Å². The van der Waals surface area contributed by atoms with Crippen molar-refractivity contribution in [2.75, 3.05) is 19.7 Å². The Kier molecular flexibility index (Phi) is 5.80. The maximum Gasteiger partial charge on any atom is 0.407 e. The molecule has 9 heteroatoms. The molecule has 1 unspecified atom stereocenters. The highest BCUT2D eigenvalue weighted by atomic mass is 35.5. The Hall–Kier alpha value is -2.97. The summed E-state index contributed by atoms with van der Waals surface area (Å²) in [4.78, 5) is 12.7. The second kappa shape index (κ2) is 8.76. The first-order valence-corrected chi connectivity index (χ1v) is 11.6. The highest BCUT2D eigenvalue weighted by Gasteiger charge is 2.29. The van der Waals surface area contributed by atoms with E-state index in [2.05, 4.69) is 0 Å². The van der Waals surface area contributed by atoms with Crippen LogP contribution in [0.3, 0.4) is 0 Å². The number of hydrogen-bond acceptors (Lipinski definition) is 5. The Morgan fingerprint density at radius 1 is 1.21 bits per heavy atom. The second-order valence-corrected chi connectivity index (χ2v) is 9.05. The van der Waals surface area contributed by atoms with Crippen molar-refractivity contribution in [3.63, 3.8) is 0 Å². The summed E-state index contributed by atoms with van der Waals surface area (Å²) < 4.78 is 14.3. The molecule has 0 aliphatic carbocycles. The van der Waals surface area contributed by atoms with Gasteiger partial charge in [-0.1, -0.05) is 17.7 Å². The molecule has 3 aromatic rings. The Morgan fingerprint density at radius 3 is 2.76 bits per heavy atom. The summed E-state index contributed by atoms with van der Waals surface area (Å²) in [5, 5.41) is 25.1. The van der Waals surface area contributed by atoms with E-state index in [1.807, 2.05) is 23.7 Å². The lowest BCUT2D eigenvalue weighted by atomic mass is 10.0. The molecule has 8 nitrogen and oxygen atoms in total. The first kappa shape index (κ1) is 21.9. The van der Waals surface area contributed by atoms with Gasteiger partial charge in [0.2, 0.25) is 0 Å². The third-order valence-corrected chi connectivity index (χ3v) is 6.67. The molecule has 2 aromatic carbocycles. The third kappa shape index (κ3) is 4.20. The molecule has 3 heterocycles. The van der Waals surface area contributed by atoms with Crippen molar-refractivity contribution in [2.24, 2.45) is 0 Å². The molecule has 1 amide bonds. The molecule has 0 saturated carbocycles. The Bertz CT molecular complexity index is 1200. The first-order chi connectivity index (χ1) is 15.9. The van der Waals surface area contributed by atoms with Crippen LogP contribution in [0.15, 0.2) is 30.3 Å². The van der Waals surface area contributed by atoms with Gasteiger partial charge >= 0.3 is 6.09 Å². The molecule has 2 N–H and O–H groups in total. The molecule has 2 atom stereocenters. The van der Waals surface area contributed by atoms with Crippen LogP contribution in [-0.4, -0.2) is 56.8 Å². The van der Waals surface area contributed by atoms with E-state index in [0.717, 1.165) is 47.0 Å². The van der Waals surface area contributed by atoms with Gasteiger partial charge in [-0.3, -0.25) is 0 Å². The molecule has 2 aliphatic rings. The average Bonchev–Trinajstić information content (AvgIpc) is 3.41. The molecule has 2 fully saturated rings. The van der Waals surface area contributed by atoms with Crippen LogP contribution < -0.4 is 4.74 Å². The van der Waals surface area contributed by atoms with Crippen LogP contribution in [0.5, 0.6) is 11.5 Å².